The normalized spacial score (nSPS) is 12.8. The highest BCUT2D eigenvalue weighted by Gasteiger charge is 2.34. The van der Waals surface area contributed by atoms with E-state index in [1.807, 2.05) is 0 Å². The standard InChI is InChI=1S/C31H49NO12/c1-2-8-35-10-12-37-14-16-39-18-20-41-22-24-43-26-27-44-25-23-42-21-19-40-17-15-38-13-11-36-9-7-32-30(33)28-5-3-4-6-29(28)31(32)34/h2-6H,1,7-27H2. The van der Waals surface area contributed by atoms with Crippen LogP contribution in [0.5, 0.6) is 0 Å². The van der Waals surface area contributed by atoms with Crippen molar-refractivity contribution in [3.8, 4) is 0 Å². The number of nitrogens with zero attached hydrogens (tertiary/aromatic N) is 1. The lowest BCUT2D eigenvalue weighted by Crippen LogP contribution is -2.33. The molecule has 250 valence electrons. The third-order valence-electron chi connectivity index (χ3n) is 5.92. The lowest BCUT2D eigenvalue weighted by atomic mass is 10.1. The number of fused-ring (bicyclic) bond motifs is 1. The Morgan fingerprint density at radius 2 is 0.727 bits per heavy atom. The molecule has 0 aliphatic carbocycles. The highest BCUT2D eigenvalue weighted by molar-refractivity contribution is 6.21. The number of hydrogen-bond acceptors (Lipinski definition) is 12. The minimum absolute atomic E-state index is 0.216. The van der Waals surface area contributed by atoms with Gasteiger partial charge in [-0.25, -0.2) is 0 Å². The number of rotatable bonds is 32. The number of imide groups is 1. The van der Waals surface area contributed by atoms with Crippen molar-refractivity contribution in [2.24, 2.45) is 0 Å². The topological polar surface area (TPSA) is 130 Å². The molecule has 0 aromatic heterocycles. The molecule has 0 unspecified atom stereocenters. The van der Waals surface area contributed by atoms with Gasteiger partial charge in [0.25, 0.3) is 11.8 Å². The quantitative estimate of drug-likeness (QED) is 0.0654. The highest BCUT2D eigenvalue weighted by atomic mass is 16.6. The first kappa shape index (κ1) is 37.9. The van der Waals surface area contributed by atoms with Crippen molar-refractivity contribution in [1.29, 1.82) is 0 Å². The zero-order valence-electron chi connectivity index (χ0n) is 25.8. The number of carbonyl (C=O) groups is 2. The second kappa shape index (κ2) is 27.0. The van der Waals surface area contributed by atoms with Gasteiger partial charge in [-0.2, -0.15) is 0 Å². The molecule has 0 fully saturated rings. The van der Waals surface area contributed by atoms with Crippen LogP contribution in [-0.2, 0) is 47.4 Å². The fraction of sp³-hybridized carbons (Fsp3) is 0.677. The van der Waals surface area contributed by atoms with Crippen LogP contribution in [0.3, 0.4) is 0 Å². The van der Waals surface area contributed by atoms with Crippen molar-refractivity contribution in [1.82, 2.24) is 4.90 Å². The average Bonchev–Trinajstić information content (AvgIpc) is 3.28. The molecule has 0 atom stereocenters. The van der Waals surface area contributed by atoms with Crippen LogP contribution in [-0.4, -0.2) is 155 Å². The molecule has 13 heteroatoms. The van der Waals surface area contributed by atoms with Gasteiger partial charge in [-0.3, -0.25) is 14.5 Å². The molecule has 1 aliphatic heterocycles. The maximum absolute atomic E-state index is 12.3. The fourth-order valence-electron chi connectivity index (χ4n) is 3.74. The van der Waals surface area contributed by atoms with Gasteiger partial charge in [0.05, 0.1) is 150 Å². The number of carbonyl (C=O) groups excluding carboxylic acids is 2. The predicted molar refractivity (Wildman–Crippen MR) is 160 cm³/mol. The molecule has 0 saturated carbocycles. The smallest absolute Gasteiger partial charge is 0.261 e. The second-order valence-electron chi connectivity index (χ2n) is 9.18. The van der Waals surface area contributed by atoms with Gasteiger partial charge in [0.1, 0.15) is 0 Å². The van der Waals surface area contributed by atoms with Crippen LogP contribution in [0.1, 0.15) is 20.7 Å². The van der Waals surface area contributed by atoms with Crippen LogP contribution in [0, 0.1) is 0 Å². The molecule has 1 aliphatic rings. The van der Waals surface area contributed by atoms with E-state index in [2.05, 4.69) is 6.58 Å². The van der Waals surface area contributed by atoms with Crippen molar-refractivity contribution in [2.45, 2.75) is 0 Å². The summed E-state index contributed by atoms with van der Waals surface area (Å²) in [6, 6.07) is 6.82. The first-order valence-corrected chi connectivity index (χ1v) is 15.1. The first-order valence-electron chi connectivity index (χ1n) is 15.1. The summed E-state index contributed by atoms with van der Waals surface area (Å²) in [5.74, 6) is -0.554. The summed E-state index contributed by atoms with van der Waals surface area (Å²) in [7, 11) is 0. The van der Waals surface area contributed by atoms with Crippen LogP contribution >= 0.6 is 0 Å². The van der Waals surface area contributed by atoms with E-state index in [9.17, 15) is 9.59 Å². The molecule has 1 aromatic rings. The Labute approximate surface area is 260 Å². The Bertz CT molecular complexity index is 852. The SMILES string of the molecule is C=CCOCCOCCOCCOCCOCCOCCOCCOCCOCCOCCN1C(=O)c2ccccc2C1=O. The van der Waals surface area contributed by atoms with Crippen molar-refractivity contribution in [3.63, 3.8) is 0 Å². The first-order chi connectivity index (χ1) is 21.8. The Morgan fingerprint density at radius 1 is 0.455 bits per heavy atom. The highest BCUT2D eigenvalue weighted by Crippen LogP contribution is 2.21. The molecule has 13 nitrogen and oxygen atoms in total. The largest absolute Gasteiger partial charge is 0.377 e. The molecular weight excluding hydrogens is 578 g/mol. The third kappa shape index (κ3) is 17.9. The lowest BCUT2D eigenvalue weighted by molar-refractivity contribution is -0.0262. The molecule has 0 N–H and O–H groups in total. The third-order valence-corrected chi connectivity index (χ3v) is 5.92. The summed E-state index contributed by atoms with van der Waals surface area (Å²) in [5, 5.41) is 0. The molecule has 0 radical (unpaired) electrons. The molecule has 0 spiro atoms. The molecule has 1 aromatic carbocycles. The van der Waals surface area contributed by atoms with E-state index in [1.165, 1.54) is 4.90 Å². The zero-order chi connectivity index (χ0) is 31.3. The molecular formula is C31H49NO12. The number of hydrogen-bond donors (Lipinski definition) is 0. The van der Waals surface area contributed by atoms with Crippen molar-refractivity contribution >= 4 is 11.8 Å². The second-order valence-corrected chi connectivity index (χ2v) is 9.18. The van der Waals surface area contributed by atoms with E-state index in [0.29, 0.717) is 137 Å². The summed E-state index contributed by atoms with van der Waals surface area (Å²) < 4.78 is 54.2. The zero-order valence-corrected chi connectivity index (χ0v) is 25.8. The van der Waals surface area contributed by atoms with Crippen LogP contribution in [0.4, 0.5) is 0 Å². The van der Waals surface area contributed by atoms with E-state index in [1.54, 1.807) is 30.3 Å². The maximum atomic E-state index is 12.3. The van der Waals surface area contributed by atoms with Crippen LogP contribution in [0.2, 0.25) is 0 Å². The minimum atomic E-state index is -0.277. The van der Waals surface area contributed by atoms with Crippen molar-refractivity contribution < 1.29 is 57.0 Å². The van der Waals surface area contributed by atoms with Gasteiger partial charge >= 0.3 is 0 Å². The summed E-state index contributed by atoms with van der Waals surface area (Å²) in [6.07, 6.45) is 1.71. The molecule has 2 amide bonds. The Kier molecular flexibility index (Phi) is 23.3. The minimum Gasteiger partial charge on any atom is -0.377 e. The van der Waals surface area contributed by atoms with Crippen LogP contribution < -0.4 is 0 Å². The number of amides is 2. The molecule has 0 saturated heterocycles. The monoisotopic (exact) mass is 627 g/mol. The van der Waals surface area contributed by atoms with E-state index < -0.39 is 0 Å². The summed E-state index contributed by atoms with van der Waals surface area (Å²) in [6.45, 7) is 13.3. The predicted octanol–water partition coefficient (Wildman–Crippen LogP) is 1.63. The lowest BCUT2D eigenvalue weighted by Gasteiger charge is -2.13. The van der Waals surface area contributed by atoms with Crippen LogP contribution in [0.25, 0.3) is 0 Å². The maximum Gasteiger partial charge on any atom is 0.261 e. The van der Waals surface area contributed by atoms with Crippen molar-refractivity contribution in [2.75, 3.05) is 139 Å². The number of benzene rings is 1. The molecule has 2 rings (SSSR count). The van der Waals surface area contributed by atoms with Gasteiger partial charge in [-0.15, -0.1) is 6.58 Å². The van der Waals surface area contributed by atoms with Gasteiger partial charge in [-0.05, 0) is 12.1 Å². The van der Waals surface area contributed by atoms with E-state index in [0.717, 1.165) is 0 Å². The van der Waals surface area contributed by atoms with Gasteiger partial charge in [0.15, 0.2) is 0 Å². The number of ether oxygens (including phenoxy) is 10. The summed E-state index contributed by atoms with van der Waals surface area (Å²) >= 11 is 0. The molecule has 0 bridgehead atoms. The van der Waals surface area contributed by atoms with Gasteiger partial charge in [-0.1, -0.05) is 18.2 Å². The van der Waals surface area contributed by atoms with Gasteiger partial charge in [0, 0.05) is 0 Å². The van der Waals surface area contributed by atoms with E-state index >= 15 is 0 Å². The Morgan fingerprint density at radius 3 is 1.02 bits per heavy atom. The Hall–Kier alpha value is -2.30. The van der Waals surface area contributed by atoms with Gasteiger partial charge in [0.2, 0.25) is 0 Å². The summed E-state index contributed by atoms with van der Waals surface area (Å²) in [5.41, 5.74) is 0.885. The molecule has 44 heavy (non-hydrogen) atoms. The Balaban J connectivity index is 1.19. The molecule has 1 heterocycles. The fourth-order valence-corrected chi connectivity index (χ4v) is 3.74. The summed E-state index contributed by atoms with van der Waals surface area (Å²) in [4.78, 5) is 25.8. The van der Waals surface area contributed by atoms with Crippen LogP contribution in [0.15, 0.2) is 36.9 Å². The van der Waals surface area contributed by atoms with Crippen molar-refractivity contribution in [3.05, 3.63) is 48.0 Å². The van der Waals surface area contributed by atoms with E-state index in [4.69, 9.17) is 47.4 Å². The average molecular weight is 628 g/mol. The van der Waals surface area contributed by atoms with E-state index in [-0.39, 0.29) is 25.0 Å². The van der Waals surface area contributed by atoms with Gasteiger partial charge < -0.3 is 47.4 Å².